The van der Waals surface area contributed by atoms with Gasteiger partial charge >= 0.3 is 0 Å². The third-order valence-electron chi connectivity index (χ3n) is 4.83. The first-order valence-corrected chi connectivity index (χ1v) is 9.45. The Kier molecular flexibility index (Phi) is 4.89. The highest BCUT2D eigenvalue weighted by Gasteiger charge is 2.44. The van der Waals surface area contributed by atoms with Gasteiger partial charge in [-0.25, -0.2) is 4.98 Å². The lowest BCUT2D eigenvalue weighted by molar-refractivity contribution is -0.0819. The lowest BCUT2D eigenvalue weighted by Crippen LogP contribution is -2.41. The molecule has 2 aromatic heterocycles. The molecule has 2 saturated heterocycles. The van der Waals surface area contributed by atoms with Crippen molar-refractivity contribution in [1.29, 1.82) is 0 Å². The Balaban J connectivity index is 1.42. The Hall–Kier alpha value is -1.34. The number of hydrogen-bond acceptors (Lipinski definition) is 6. The van der Waals surface area contributed by atoms with E-state index in [-0.39, 0.29) is 12.2 Å². The van der Waals surface area contributed by atoms with E-state index < -0.39 is 0 Å². The summed E-state index contributed by atoms with van der Waals surface area (Å²) in [6, 6.07) is 4.46. The molecule has 3 atom stereocenters. The molecule has 5 nitrogen and oxygen atoms in total. The van der Waals surface area contributed by atoms with Gasteiger partial charge in [-0.1, -0.05) is 0 Å². The summed E-state index contributed by atoms with van der Waals surface area (Å²) in [5.41, 5.74) is 2.32. The SMILES string of the molecule is Cc1nc(CN2C[C@@H](OCc3ccncc3)[C@H]3OCCC[C@H]32)cs1. The zero-order chi connectivity index (χ0) is 16.4. The van der Waals surface area contributed by atoms with Gasteiger partial charge in [-0.15, -0.1) is 11.3 Å². The fourth-order valence-corrected chi connectivity index (χ4v) is 4.31. The molecule has 0 aliphatic carbocycles. The minimum atomic E-state index is 0.128. The average molecular weight is 345 g/mol. The molecule has 0 amide bonds. The molecule has 0 N–H and O–H groups in total. The molecule has 0 radical (unpaired) electrons. The highest BCUT2D eigenvalue weighted by atomic mass is 32.1. The molecule has 24 heavy (non-hydrogen) atoms. The number of thiazole rings is 1. The van der Waals surface area contributed by atoms with Gasteiger partial charge in [-0.2, -0.15) is 0 Å². The molecule has 0 bridgehead atoms. The predicted octanol–water partition coefficient (Wildman–Crippen LogP) is 2.80. The third-order valence-corrected chi connectivity index (χ3v) is 5.65. The van der Waals surface area contributed by atoms with Crippen LogP contribution in [0.3, 0.4) is 0 Å². The maximum absolute atomic E-state index is 6.22. The molecule has 4 heterocycles. The average Bonchev–Trinajstić information content (AvgIpc) is 3.18. The van der Waals surface area contributed by atoms with E-state index in [2.05, 4.69) is 27.2 Å². The van der Waals surface area contributed by atoms with Crippen molar-refractivity contribution in [2.75, 3.05) is 13.2 Å². The van der Waals surface area contributed by atoms with Crippen LogP contribution in [0, 0.1) is 6.92 Å². The molecule has 2 aromatic rings. The third kappa shape index (κ3) is 3.52. The Morgan fingerprint density at radius 2 is 2.25 bits per heavy atom. The van der Waals surface area contributed by atoms with Crippen LogP contribution in [0.25, 0.3) is 0 Å². The molecule has 2 fully saturated rings. The lowest BCUT2D eigenvalue weighted by atomic mass is 10.0. The van der Waals surface area contributed by atoms with Crippen LogP contribution in [0.15, 0.2) is 29.9 Å². The monoisotopic (exact) mass is 345 g/mol. The number of aryl methyl sites for hydroxylation is 1. The maximum Gasteiger partial charge on any atom is 0.100 e. The van der Waals surface area contributed by atoms with Crippen LogP contribution >= 0.6 is 11.3 Å². The summed E-state index contributed by atoms with van der Waals surface area (Å²) in [4.78, 5) is 11.2. The quantitative estimate of drug-likeness (QED) is 0.834. The van der Waals surface area contributed by atoms with Crippen molar-refractivity contribution in [1.82, 2.24) is 14.9 Å². The van der Waals surface area contributed by atoms with Gasteiger partial charge < -0.3 is 9.47 Å². The van der Waals surface area contributed by atoms with E-state index in [4.69, 9.17) is 9.47 Å². The van der Waals surface area contributed by atoms with Crippen molar-refractivity contribution in [3.05, 3.63) is 46.2 Å². The Bertz CT molecular complexity index is 663. The van der Waals surface area contributed by atoms with Gasteiger partial charge in [0.05, 0.1) is 23.4 Å². The Morgan fingerprint density at radius 3 is 3.04 bits per heavy atom. The van der Waals surface area contributed by atoms with Crippen LogP contribution in [-0.4, -0.2) is 46.3 Å². The molecule has 0 spiro atoms. The second-order valence-electron chi connectivity index (χ2n) is 6.54. The fraction of sp³-hybridized carbons (Fsp3) is 0.556. The first-order valence-electron chi connectivity index (χ1n) is 8.57. The van der Waals surface area contributed by atoms with Gasteiger partial charge in [0.25, 0.3) is 0 Å². The minimum absolute atomic E-state index is 0.128. The Labute approximate surface area is 146 Å². The van der Waals surface area contributed by atoms with Gasteiger partial charge in [-0.3, -0.25) is 9.88 Å². The summed E-state index contributed by atoms with van der Waals surface area (Å²) < 4.78 is 12.3. The molecule has 0 aromatic carbocycles. The van der Waals surface area contributed by atoms with E-state index in [1.807, 2.05) is 24.5 Å². The summed E-state index contributed by atoms with van der Waals surface area (Å²) in [6.45, 7) is 5.33. The van der Waals surface area contributed by atoms with Gasteiger partial charge in [0.15, 0.2) is 0 Å². The summed E-state index contributed by atoms with van der Waals surface area (Å²) in [6.07, 6.45) is 6.24. The number of ether oxygens (including phenoxy) is 2. The Morgan fingerprint density at radius 1 is 1.38 bits per heavy atom. The van der Waals surface area contributed by atoms with Crippen LogP contribution in [0.2, 0.25) is 0 Å². The van der Waals surface area contributed by atoms with E-state index in [0.29, 0.717) is 12.6 Å². The predicted molar refractivity (Wildman–Crippen MR) is 92.8 cm³/mol. The van der Waals surface area contributed by atoms with Crippen LogP contribution in [-0.2, 0) is 22.6 Å². The van der Waals surface area contributed by atoms with Crippen molar-refractivity contribution in [2.45, 2.75) is 51.2 Å². The fourth-order valence-electron chi connectivity index (χ4n) is 3.70. The van der Waals surface area contributed by atoms with Gasteiger partial charge in [-0.05, 0) is 37.5 Å². The van der Waals surface area contributed by atoms with E-state index >= 15 is 0 Å². The lowest BCUT2D eigenvalue weighted by Gasteiger charge is -2.32. The van der Waals surface area contributed by atoms with Crippen LogP contribution in [0.5, 0.6) is 0 Å². The summed E-state index contributed by atoms with van der Waals surface area (Å²) >= 11 is 1.72. The van der Waals surface area contributed by atoms with Crippen molar-refractivity contribution in [2.24, 2.45) is 0 Å². The smallest absolute Gasteiger partial charge is 0.100 e. The zero-order valence-electron chi connectivity index (χ0n) is 13.9. The first-order chi connectivity index (χ1) is 11.8. The largest absolute Gasteiger partial charge is 0.374 e. The molecular formula is C18H23N3O2S. The summed E-state index contributed by atoms with van der Waals surface area (Å²) in [5, 5.41) is 3.30. The summed E-state index contributed by atoms with van der Waals surface area (Å²) in [5.74, 6) is 0. The van der Waals surface area contributed by atoms with Crippen molar-refractivity contribution in [3.8, 4) is 0 Å². The highest BCUT2D eigenvalue weighted by molar-refractivity contribution is 7.09. The molecule has 128 valence electrons. The standard InChI is InChI=1S/C18H23N3O2S/c1-13-20-15(12-24-13)9-21-10-17(18-16(21)3-2-8-22-18)23-11-14-4-6-19-7-5-14/h4-7,12,16-18H,2-3,8-11H2,1H3/t16-,17-,18+/m1/s1. The van der Waals surface area contributed by atoms with E-state index in [1.54, 1.807) is 11.3 Å². The molecule has 0 saturated carbocycles. The van der Waals surface area contributed by atoms with Crippen LogP contribution in [0.4, 0.5) is 0 Å². The number of nitrogens with zero attached hydrogens (tertiary/aromatic N) is 3. The first kappa shape index (κ1) is 16.1. The zero-order valence-corrected chi connectivity index (χ0v) is 14.7. The number of hydrogen-bond donors (Lipinski definition) is 0. The molecular weight excluding hydrogens is 322 g/mol. The normalized spacial score (nSPS) is 27.3. The van der Waals surface area contributed by atoms with Crippen molar-refractivity contribution >= 4 is 11.3 Å². The molecule has 0 unspecified atom stereocenters. The number of likely N-dealkylation sites (tertiary alicyclic amines) is 1. The second-order valence-corrected chi connectivity index (χ2v) is 7.60. The number of fused-ring (bicyclic) bond motifs is 1. The maximum atomic E-state index is 6.22. The second kappa shape index (κ2) is 7.27. The van der Waals surface area contributed by atoms with Gasteiger partial charge in [0, 0.05) is 43.5 Å². The highest BCUT2D eigenvalue weighted by Crippen LogP contribution is 2.32. The van der Waals surface area contributed by atoms with Crippen LogP contribution in [0.1, 0.15) is 29.1 Å². The van der Waals surface area contributed by atoms with Gasteiger partial charge in [0.1, 0.15) is 6.10 Å². The van der Waals surface area contributed by atoms with Crippen LogP contribution < -0.4 is 0 Å². The number of rotatable bonds is 5. The molecule has 2 aliphatic heterocycles. The molecule has 4 rings (SSSR count). The van der Waals surface area contributed by atoms with Crippen molar-refractivity contribution < 1.29 is 9.47 Å². The minimum Gasteiger partial charge on any atom is -0.374 e. The van der Waals surface area contributed by atoms with E-state index in [9.17, 15) is 0 Å². The number of pyridine rings is 1. The van der Waals surface area contributed by atoms with Gasteiger partial charge in [0.2, 0.25) is 0 Å². The number of aromatic nitrogens is 2. The van der Waals surface area contributed by atoms with Crippen molar-refractivity contribution in [3.63, 3.8) is 0 Å². The summed E-state index contributed by atoms with van der Waals surface area (Å²) in [7, 11) is 0. The van der Waals surface area contributed by atoms with E-state index in [0.717, 1.165) is 42.4 Å². The topological polar surface area (TPSA) is 47.5 Å². The molecule has 6 heteroatoms. The molecule has 2 aliphatic rings. The van der Waals surface area contributed by atoms with E-state index in [1.165, 1.54) is 6.42 Å².